The van der Waals surface area contributed by atoms with Crippen molar-refractivity contribution in [2.45, 2.75) is 124 Å². The number of ether oxygens (including phenoxy) is 6. The van der Waals surface area contributed by atoms with Crippen molar-refractivity contribution in [3.8, 4) is 16.3 Å². The Morgan fingerprint density at radius 3 is 2.22 bits per heavy atom. The number of rotatable bonds is 31. The fourth-order valence-electron chi connectivity index (χ4n) is 8.49. The van der Waals surface area contributed by atoms with Crippen molar-refractivity contribution in [2.75, 3.05) is 73.6 Å². The zero-order valence-electron chi connectivity index (χ0n) is 46.5. The quantitative estimate of drug-likeness (QED) is 0.0368. The van der Waals surface area contributed by atoms with E-state index in [-0.39, 0.29) is 81.5 Å². The van der Waals surface area contributed by atoms with Gasteiger partial charge in [0.1, 0.15) is 23.7 Å². The number of halogens is 2. The van der Waals surface area contributed by atoms with Crippen molar-refractivity contribution < 1.29 is 57.5 Å². The topological polar surface area (TPSA) is 244 Å². The third kappa shape index (κ3) is 20.5. The molecule has 0 spiro atoms. The Kier molecular flexibility index (Phi) is 26.6. The first kappa shape index (κ1) is 64.3. The van der Waals surface area contributed by atoms with Crippen LogP contribution in [0.1, 0.15) is 107 Å². The Morgan fingerprint density at radius 1 is 0.848 bits per heavy atom. The van der Waals surface area contributed by atoms with Crippen molar-refractivity contribution in [3.63, 3.8) is 0 Å². The molecule has 79 heavy (non-hydrogen) atoms. The van der Waals surface area contributed by atoms with Crippen LogP contribution in [-0.4, -0.2) is 156 Å². The first-order valence-electron chi connectivity index (χ1n) is 26.5. The van der Waals surface area contributed by atoms with E-state index >= 15 is 0 Å². The molecule has 1 aromatic carbocycles. The van der Waals surface area contributed by atoms with Gasteiger partial charge in [0, 0.05) is 102 Å². The molecule has 0 saturated carbocycles. The molecule has 1 aliphatic heterocycles. The van der Waals surface area contributed by atoms with Gasteiger partial charge in [0.15, 0.2) is 10.8 Å². The van der Waals surface area contributed by atoms with Crippen molar-refractivity contribution in [1.82, 2.24) is 40.1 Å². The Morgan fingerprint density at radius 2 is 1.54 bits per heavy atom. The normalized spacial score (nSPS) is 15.1. The predicted molar refractivity (Wildman–Crippen MR) is 300 cm³/mol. The Balaban J connectivity index is 0.000000291. The molecule has 1 aliphatic rings. The Hall–Kier alpha value is -5.49. The van der Waals surface area contributed by atoms with E-state index in [9.17, 15) is 29.1 Å². The molecule has 3 amide bonds. The van der Waals surface area contributed by atoms with E-state index in [1.807, 2.05) is 71.3 Å². The Labute approximate surface area is 476 Å². The summed E-state index contributed by atoms with van der Waals surface area (Å²) in [6, 6.07) is 9.51. The first-order valence-corrected chi connectivity index (χ1v) is 28.1. The highest BCUT2D eigenvalue weighted by Crippen LogP contribution is 2.30. The number of nitrogens with zero attached hydrogens (tertiary/aromatic N) is 6. The van der Waals surface area contributed by atoms with Gasteiger partial charge in [-0.1, -0.05) is 75.2 Å². The molecule has 3 N–H and O–H groups in total. The molecule has 23 heteroatoms. The Bertz CT molecular complexity index is 2750. The lowest BCUT2D eigenvalue weighted by atomic mass is 9.85. The van der Waals surface area contributed by atoms with Crippen molar-refractivity contribution in [1.29, 1.82) is 0 Å². The molecule has 5 aromatic rings. The summed E-state index contributed by atoms with van der Waals surface area (Å²) in [4.78, 5) is 80.1. The number of thiazole rings is 1. The van der Waals surface area contributed by atoms with E-state index < -0.39 is 29.5 Å². The summed E-state index contributed by atoms with van der Waals surface area (Å²) < 4.78 is 34.0. The van der Waals surface area contributed by atoms with Crippen LogP contribution in [0.3, 0.4) is 0 Å². The molecule has 0 aliphatic carbocycles. The summed E-state index contributed by atoms with van der Waals surface area (Å²) in [7, 11) is 3.15. The maximum Gasteiger partial charge on any atom is 0.246 e. The molecule has 1 saturated heterocycles. The highest BCUT2D eigenvalue weighted by Gasteiger charge is 2.44. The third-order valence-electron chi connectivity index (χ3n) is 12.7. The number of ketones is 2. The second kappa shape index (κ2) is 32.7. The van der Waals surface area contributed by atoms with Gasteiger partial charge < -0.3 is 49.1 Å². The molecule has 0 bridgehead atoms. The summed E-state index contributed by atoms with van der Waals surface area (Å²) in [6.45, 7) is 15.2. The van der Waals surface area contributed by atoms with Gasteiger partial charge in [0.2, 0.25) is 23.6 Å². The number of methoxy groups -OCH3 is 2. The molecular formula is C56H76Cl2N8O12S. The first-order chi connectivity index (χ1) is 37.8. The summed E-state index contributed by atoms with van der Waals surface area (Å²) in [5.74, 6) is -0.724. The fourth-order valence-corrected chi connectivity index (χ4v) is 9.66. The highest BCUT2D eigenvalue weighted by atomic mass is 35.5. The van der Waals surface area contributed by atoms with Crippen LogP contribution in [-0.2, 0) is 67.0 Å². The van der Waals surface area contributed by atoms with Crippen LogP contribution in [0, 0.1) is 12.3 Å². The molecule has 4 aromatic heterocycles. The molecule has 1 fully saturated rings. The number of pyridine rings is 1. The van der Waals surface area contributed by atoms with E-state index in [1.165, 1.54) is 11.1 Å². The number of hydrogen-bond acceptors (Lipinski definition) is 17. The van der Waals surface area contributed by atoms with E-state index in [2.05, 4.69) is 30.7 Å². The van der Waals surface area contributed by atoms with Gasteiger partial charge in [-0.2, -0.15) is 5.10 Å². The number of likely N-dealkylation sites (tertiary alicyclic amines) is 1. The number of aromatic nitrogens is 5. The minimum Gasteiger partial charge on any atom is -0.477 e. The molecule has 0 radical (unpaired) electrons. The largest absolute Gasteiger partial charge is 0.477 e. The molecule has 20 nitrogen and oxygen atoms in total. The van der Waals surface area contributed by atoms with Crippen LogP contribution in [0.15, 0.2) is 54.3 Å². The van der Waals surface area contributed by atoms with Gasteiger partial charge in [0.05, 0.1) is 85.3 Å². The lowest BCUT2D eigenvalue weighted by Gasteiger charge is -2.35. The van der Waals surface area contributed by atoms with Gasteiger partial charge in [-0.05, 0) is 49.3 Å². The maximum atomic E-state index is 13.6. The lowest BCUT2D eigenvalue weighted by Crippen LogP contribution is -2.57. The number of hydrogen-bond donors (Lipinski definition) is 3. The number of aliphatic hydroxyl groups excluding tert-OH is 1. The molecule has 432 valence electrons. The van der Waals surface area contributed by atoms with E-state index in [0.717, 1.165) is 28.1 Å². The summed E-state index contributed by atoms with van der Waals surface area (Å²) >= 11 is 13.8. The molecule has 4 atom stereocenters. The molecule has 6 rings (SSSR count). The van der Waals surface area contributed by atoms with Crippen LogP contribution in [0.4, 0.5) is 0 Å². The second-order valence-corrected chi connectivity index (χ2v) is 21.7. The molecular weight excluding hydrogens is 1080 g/mol. The van der Waals surface area contributed by atoms with Crippen LogP contribution < -0.4 is 15.4 Å². The number of carbonyl (C=O) groups is 5. The number of carbonyl (C=O) groups excluding carboxylic acids is 5. The maximum absolute atomic E-state index is 13.6. The number of nitrogens with one attached hydrogen (secondary N) is 2. The van der Waals surface area contributed by atoms with Gasteiger partial charge in [0.25, 0.3) is 0 Å². The number of Topliss-reactive ketones (excluding diaryl/α,β-unsaturated/α-hetero) is 2. The van der Waals surface area contributed by atoms with Crippen LogP contribution >= 0.6 is 34.5 Å². The van der Waals surface area contributed by atoms with Crippen LogP contribution in [0.25, 0.3) is 16.1 Å². The van der Waals surface area contributed by atoms with Crippen LogP contribution in [0.5, 0.6) is 5.88 Å². The number of aryl methyl sites for hydroxylation is 1. The number of benzene rings is 1. The smallest absolute Gasteiger partial charge is 0.246 e. The third-order valence-corrected chi connectivity index (χ3v) is 14.0. The zero-order valence-corrected chi connectivity index (χ0v) is 48.8. The molecule has 0 unspecified atom stereocenters. The minimum atomic E-state index is -0.868. The number of β-amino-alcohol motifs (C(OH)–C–C–N with tert-alkyl or cyclic N) is 1. The highest BCUT2D eigenvalue weighted by molar-refractivity contribution is 7.13. The van der Waals surface area contributed by atoms with Crippen LogP contribution in [0.2, 0.25) is 10.2 Å². The van der Waals surface area contributed by atoms with E-state index in [0.29, 0.717) is 97.4 Å². The van der Waals surface area contributed by atoms with Crippen molar-refractivity contribution >= 4 is 69.5 Å². The average molecular weight is 1160 g/mol. The van der Waals surface area contributed by atoms with Gasteiger partial charge in [-0.15, -0.1) is 11.3 Å². The van der Waals surface area contributed by atoms with Crippen molar-refractivity contribution in [3.05, 3.63) is 92.6 Å². The monoisotopic (exact) mass is 1150 g/mol. The van der Waals surface area contributed by atoms with Gasteiger partial charge in [-0.25, -0.2) is 19.5 Å². The van der Waals surface area contributed by atoms with Crippen molar-refractivity contribution in [2.24, 2.45) is 5.41 Å². The van der Waals surface area contributed by atoms with Gasteiger partial charge >= 0.3 is 0 Å². The number of amides is 3. The van der Waals surface area contributed by atoms with E-state index in [4.69, 9.17) is 51.6 Å². The average Bonchev–Trinajstić information content (AvgIpc) is 4.16. The predicted octanol–water partition coefficient (Wildman–Crippen LogP) is 7.33. The van der Waals surface area contributed by atoms with Gasteiger partial charge in [-0.3, -0.25) is 24.0 Å². The summed E-state index contributed by atoms with van der Waals surface area (Å²) in [6.07, 6.45) is 4.53. The minimum absolute atomic E-state index is 0.0302. The zero-order chi connectivity index (χ0) is 57.5. The second-order valence-electron chi connectivity index (χ2n) is 20.1. The molecule has 5 heterocycles. The number of fused-ring (bicyclic) bond motifs is 1. The standard InChI is InChI=1S/C28H36Cl2N4O6.C28H40N4O6S/c1-4-8-38-11-12-39-10-7-23(35)6-5-9-40-28-20(13-22(29)18-32-28)14-24(36)15-21-17-31-26-16-25(30)33-34(26)27(21)19(2)37-3;1-18-24(39-17-30-18)20-8-6-19(7-9-20)15-29-26(35)22-14-21(33)16-32(22)27(36)25(28(2,3)4)31-23(34)10-11-38-13-12-37-5/h13,16-19H,4-12,14-15H2,1-3H3;6-9,17,21-22,25,33H,10-16H2,1-5H3,(H,29,35)(H,31,34)/t19-;21-,22+,25-/m01/s1. The fraction of sp³-hybridized carbons (Fsp3) is 0.554. The van der Waals surface area contributed by atoms with E-state index in [1.54, 1.807) is 48.4 Å². The lowest BCUT2D eigenvalue weighted by molar-refractivity contribution is -0.144. The number of aliphatic hydroxyl groups is 1. The SMILES string of the molecule is CCCOCCOCCC(=O)CCCOc1ncc(Cl)cc1CC(=O)Cc1cnc2cc(Cl)nn2c1[C@H](C)OC.COCCOCCC(=O)N[C@H](C(=O)N1C[C@H](O)C[C@H]1C(=O)NCc1ccc(-c2scnc2C)cc1)C(C)(C)C. The summed E-state index contributed by atoms with van der Waals surface area (Å²) in [5, 5.41) is 21.1. The summed E-state index contributed by atoms with van der Waals surface area (Å²) in [5.41, 5.74) is 6.68.